The third kappa shape index (κ3) is 17.3. The molecule has 6 heterocycles. The summed E-state index contributed by atoms with van der Waals surface area (Å²) in [6, 6.07) is 23.6. The summed E-state index contributed by atoms with van der Waals surface area (Å²) in [6.45, 7) is 15.1. The number of Topliss-reactive ketones (excluding diaryl/α,β-unsaturated/α-hetero) is 3. The first-order valence-corrected chi connectivity index (χ1v) is 35.0. The number of likely N-dealkylation sites (tertiary alicyclic amines) is 3. The number of pyridine rings is 3. The average molecular weight is 1560 g/mol. The lowest BCUT2D eigenvalue weighted by Gasteiger charge is -2.36. The maximum absolute atomic E-state index is 12.7. The van der Waals surface area contributed by atoms with E-state index in [0.717, 1.165) is 113 Å². The zero-order valence-electron chi connectivity index (χ0n) is 52.6. The maximum Gasteiger partial charge on any atom is 0.409 e. The van der Waals surface area contributed by atoms with Crippen molar-refractivity contribution in [3.8, 4) is 0 Å². The van der Waals surface area contributed by atoms with Gasteiger partial charge >= 0.3 is 18.3 Å². The molecular formula is C75H84Br3Cl3N6O9. The number of carbonyl (C=O) groups excluding carboxylic acids is 6. The molecule has 510 valence electrons. The Bertz CT molecular complexity index is 3990. The fraction of sp³-hybridized carbons (Fsp3) is 0.400. The van der Waals surface area contributed by atoms with Crippen LogP contribution in [0.25, 0.3) is 33.9 Å². The molecule has 3 amide bonds. The van der Waals surface area contributed by atoms with Gasteiger partial charge in [-0.25, -0.2) is 14.4 Å². The summed E-state index contributed by atoms with van der Waals surface area (Å²) in [6.07, 6.45) is 15.4. The number of hydrogen-bond donors (Lipinski definition) is 0. The third-order valence-corrected chi connectivity index (χ3v) is 20.4. The zero-order valence-corrected chi connectivity index (χ0v) is 59.6. The number of ketones is 3. The van der Waals surface area contributed by atoms with Crippen LogP contribution < -0.4 is 0 Å². The van der Waals surface area contributed by atoms with Crippen molar-refractivity contribution >= 4 is 152 Å². The fourth-order valence-corrected chi connectivity index (χ4v) is 15.6. The summed E-state index contributed by atoms with van der Waals surface area (Å²) >= 11 is 29.8. The minimum Gasteiger partial charge on any atom is -0.450 e. The van der Waals surface area contributed by atoms with E-state index in [-0.39, 0.29) is 87.5 Å². The quantitative estimate of drug-likeness (QED) is 0.0989. The van der Waals surface area contributed by atoms with Crippen LogP contribution in [0.2, 0.25) is 15.1 Å². The van der Waals surface area contributed by atoms with E-state index >= 15 is 0 Å². The van der Waals surface area contributed by atoms with Crippen molar-refractivity contribution in [1.82, 2.24) is 29.7 Å². The summed E-state index contributed by atoms with van der Waals surface area (Å²) in [5.41, 5.74) is 13.4. The minimum atomic E-state index is -0.283. The zero-order chi connectivity index (χ0) is 66.4. The lowest BCUT2D eigenvalue weighted by Crippen LogP contribution is -2.40. The first kappa shape index (κ1) is 76.8. The highest BCUT2D eigenvalue weighted by Gasteiger charge is 2.40. The van der Waals surface area contributed by atoms with E-state index in [1.807, 2.05) is 91.7 Å². The van der Waals surface area contributed by atoms with Gasteiger partial charge in [-0.05, 0) is 236 Å². The van der Waals surface area contributed by atoms with Gasteiger partial charge in [0, 0.05) is 138 Å². The topological polar surface area (TPSA) is 178 Å². The van der Waals surface area contributed by atoms with E-state index in [4.69, 9.17) is 64.0 Å². The number of fused-ring (bicyclic) bond motifs is 6. The van der Waals surface area contributed by atoms with Crippen LogP contribution in [0.5, 0.6) is 0 Å². The van der Waals surface area contributed by atoms with Crippen molar-refractivity contribution in [3.05, 3.63) is 188 Å². The highest BCUT2D eigenvalue weighted by Crippen LogP contribution is 2.49. The molecule has 12 rings (SSSR count). The van der Waals surface area contributed by atoms with Crippen LogP contribution in [0.4, 0.5) is 14.4 Å². The number of rotatable bonds is 9. The van der Waals surface area contributed by atoms with E-state index in [9.17, 15) is 28.8 Å². The Morgan fingerprint density at radius 2 is 0.750 bits per heavy atom. The van der Waals surface area contributed by atoms with Crippen LogP contribution >= 0.6 is 82.6 Å². The van der Waals surface area contributed by atoms with E-state index in [0.29, 0.717) is 97.3 Å². The summed E-state index contributed by atoms with van der Waals surface area (Å²) in [5.74, 6) is 0.700. The standard InChI is InChI=1S/C26H27ClN2O4.C24H24BrClN2O3.C22H21Br2ClN2O2.3CH4/c1-4-33-26(32)29-9-7-17(8-10-29)24-21-6-5-20(27)11-18(21)12-22(16(3)31)23-13-19(15(2)30)14-28-25(23)24;1-3-31-24(30)28-8-6-15(7-9-28)22-19-5-4-18(26)10-16(19)11-20(14(2)29)21-12-17(25)13-27-23(21)22;1-2-29-22(28)27-7-5-13(6-8-27)20-17-4-3-16(25)9-14(17)10-19(24)18-11-15(23)12-26-21(18)20;;;/h5-6,11-14,17,24H,4,7-10H2,1-3H3;4-5,10-13,15,22H,3,6-9H2,1-2H3;3-4,9-13,20H,2,5-8H2,1H3;3*1H4. The molecule has 6 aliphatic rings. The molecule has 0 N–H and O–H groups in total. The number of nitrogens with zero attached hydrogens (tertiary/aromatic N) is 6. The number of piperidine rings is 3. The van der Waals surface area contributed by atoms with Gasteiger partial charge in [0.2, 0.25) is 0 Å². The molecule has 0 bridgehead atoms. The van der Waals surface area contributed by atoms with Crippen LogP contribution in [-0.2, 0) is 23.8 Å². The van der Waals surface area contributed by atoms with Crippen molar-refractivity contribution in [2.24, 2.45) is 17.8 Å². The van der Waals surface area contributed by atoms with Gasteiger partial charge in [-0.1, -0.05) is 91.2 Å². The van der Waals surface area contributed by atoms with E-state index in [1.165, 1.54) is 19.4 Å². The van der Waals surface area contributed by atoms with Crippen LogP contribution in [0.3, 0.4) is 0 Å². The van der Waals surface area contributed by atoms with Crippen LogP contribution in [0.1, 0.15) is 198 Å². The molecule has 15 nitrogen and oxygen atoms in total. The molecule has 3 unspecified atom stereocenters. The number of halogens is 6. The van der Waals surface area contributed by atoms with Crippen LogP contribution in [-0.4, -0.2) is 124 Å². The molecule has 3 aromatic carbocycles. The molecule has 3 fully saturated rings. The van der Waals surface area contributed by atoms with Crippen molar-refractivity contribution in [2.45, 2.75) is 120 Å². The molecular weight excluding hydrogens is 1470 g/mol. The second-order valence-corrected chi connectivity index (χ2v) is 27.9. The second-order valence-electron chi connectivity index (χ2n) is 23.9. The Labute approximate surface area is 605 Å². The number of carbonyl (C=O) groups is 6. The Hall–Kier alpha value is -6.54. The number of aromatic nitrogens is 3. The van der Waals surface area contributed by atoms with Crippen LogP contribution in [0, 0.1) is 17.8 Å². The Kier molecular flexibility index (Phi) is 27.4. The van der Waals surface area contributed by atoms with Crippen molar-refractivity contribution < 1.29 is 43.0 Å². The Balaban J connectivity index is 0.000000200. The Morgan fingerprint density at radius 3 is 1.08 bits per heavy atom. The molecule has 3 saturated heterocycles. The smallest absolute Gasteiger partial charge is 0.409 e. The van der Waals surface area contributed by atoms with Crippen molar-refractivity contribution in [1.29, 1.82) is 0 Å². The molecule has 6 aromatic rings. The van der Waals surface area contributed by atoms with Gasteiger partial charge in [-0.2, -0.15) is 0 Å². The number of ether oxygens (including phenoxy) is 3. The second kappa shape index (κ2) is 34.3. The van der Waals surface area contributed by atoms with Crippen molar-refractivity contribution in [2.75, 3.05) is 59.1 Å². The average Bonchev–Trinajstić information content (AvgIpc) is 1.47. The molecule has 21 heteroatoms. The number of allylic oxidation sites excluding steroid dienone is 2. The summed E-state index contributed by atoms with van der Waals surface area (Å²) < 4.78 is 18.3. The fourth-order valence-electron chi connectivity index (χ4n) is 13.8. The molecule has 0 radical (unpaired) electrons. The highest BCUT2D eigenvalue weighted by atomic mass is 79.9. The van der Waals surface area contributed by atoms with Gasteiger partial charge < -0.3 is 28.9 Å². The van der Waals surface area contributed by atoms with E-state index in [1.54, 1.807) is 42.1 Å². The minimum absolute atomic E-state index is 0. The van der Waals surface area contributed by atoms with Gasteiger partial charge in [-0.3, -0.25) is 29.3 Å². The molecule has 3 aliphatic carbocycles. The van der Waals surface area contributed by atoms with Gasteiger partial charge in [0.15, 0.2) is 17.3 Å². The highest BCUT2D eigenvalue weighted by molar-refractivity contribution is 9.15. The van der Waals surface area contributed by atoms with Gasteiger partial charge in [-0.15, -0.1) is 0 Å². The normalized spacial score (nSPS) is 17.9. The van der Waals surface area contributed by atoms with E-state index < -0.39 is 0 Å². The molecule has 3 aromatic heterocycles. The first-order valence-electron chi connectivity index (χ1n) is 31.4. The van der Waals surface area contributed by atoms with E-state index in [2.05, 4.69) is 66.0 Å². The third-order valence-electron chi connectivity index (χ3n) is 18.2. The molecule has 3 atom stereocenters. The maximum atomic E-state index is 12.7. The monoisotopic (exact) mass is 1550 g/mol. The SMILES string of the molecule is C.C.C.CCOC(=O)N1CCC(C2c3ccc(Cl)cc3C=C(Br)c3cc(Br)cnc32)CC1.CCOC(=O)N1CCC(C2c3ccc(Cl)cc3C=C(C(C)=O)c3cc(Br)cnc32)CC1.CCOC(=O)N1CCC(C2c3ccc(Cl)cc3C=C(C(C)=O)c3cc(C(C)=O)cnc32)CC1. The first-order chi connectivity index (χ1) is 44.7. The summed E-state index contributed by atoms with van der Waals surface area (Å²) in [5, 5.41) is 1.94. The summed E-state index contributed by atoms with van der Waals surface area (Å²) in [7, 11) is 0. The molecule has 0 spiro atoms. The van der Waals surface area contributed by atoms with Crippen molar-refractivity contribution in [3.63, 3.8) is 0 Å². The number of amides is 3. The molecule has 3 aliphatic heterocycles. The Morgan fingerprint density at radius 1 is 0.438 bits per heavy atom. The van der Waals surface area contributed by atoms with Crippen LogP contribution in [0.15, 0.2) is 100 Å². The lowest BCUT2D eigenvalue weighted by atomic mass is 9.76. The number of benzene rings is 3. The molecule has 0 saturated carbocycles. The predicted octanol–water partition coefficient (Wildman–Crippen LogP) is 19.9. The summed E-state index contributed by atoms with van der Waals surface area (Å²) in [4.78, 5) is 93.5. The molecule has 96 heavy (non-hydrogen) atoms. The van der Waals surface area contributed by atoms with Gasteiger partial charge in [0.25, 0.3) is 0 Å². The predicted molar refractivity (Wildman–Crippen MR) is 396 cm³/mol. The largest absolute Gasteiger partial charge is 0.450 e. The lowest BCUT2D eigenvalue weighted by molar-refractivity contribution is -0.112. The van der Waals surface area contributed by atoms with Gasteiger partial charge in [0.1, 0.15) is 0 Å². The van der Waals surface area contributed by atoms with Gasteiger partial charge in [0.05, 0.1) is 36.9 Å². The number of hydrogen-bond acceptors (Lipinski definition) is 12.